The number of ketones is 1. The third-order valence-electron chi connectivity index (χ3n) is 4.10. The van der Waals surface area contributed by atoms with Crippen molar-refractivity contribution in [1.29, 1.82) is 0 Å². The maximum Gasteiger partial charge on any atom is 0.164 e. The lowest BCUT2D eigenvalue weighted by molar-refractivity contribution is -0.115. The van der Waals surface area contributed by atoms with Gasteiger partial charge in [0.2, 0.25) is 0 Å². The Morgan fingerprint density at radius 2 is 2.12 bits per heavy atom. The number of hydrogen-bond donors (Lipinski definition) is 1. The summed E-state index contributed by atoms with van der Waals surface area (Å²) >= 11 is 8.26. The van der Waals surface area contributed by atoms with Crippen molar-refractivity contribution in [2.75, 3.05) is 11.6 Å². The molecule has 1 aliphatic heterocycles. The topological polar surface area (TPSA) is 29.1 Å². The summed E-state index contributed by atoms with van der Waals surface area (Å²) in [7, 11) is 0. The number of halogens is 1. The Balaban J connectivity index is 2.62. The van der Waals surface area contributed by atoms with E-state index in [2.05, 4.69) is 36.7 Å². The first-order valence-corrected chi connectivity index (χ1v) is 9.89. The van der Waals surface area contributed by atoms with Crippen molar-refractivity contribution in [2.45, 2.75) is 44.9 Å². The molecule has 0 fully saturated rings. The first kappa shape index (κ1) is 18.9. The largest absolute Gasteiger partial charge is 0.354 e. The lowest BCUT2D eigenvalue weighted by atomic mass is 9.91. The average Bonchev–Trinajstić information content (AvgIpc) is 2.61. The SMILES string of the molecule is C/C=C(/C(=O)CC)C1=C(/C(Cl)=C/CC)Cc2cccc(SC)c2N1. The summed E-state index contributed by atoms with van der Waals surface area (Å²) in [4.78, 5) is 13.6. The van der Waals surface area contributed by atoms with E-state index in [9.17, 15) is 4.79 Å². The van der Waals surface area contributed by atoms with Crippen molar-refractivity contribution in [1.82, 2.24) is 0 Å². The van der Waals surface area contributed by atoms with Crippen LogP contribution in [-0.4, -0.2) is 12.0 Å². The number of allylic oxidation sites excluding steroid dienone is 5. The van der Waals surface area contributed by atoms with Crippen LogP contribution in [0.15, 0.2) is 57.1 Å². The van der Waals surface area contributed by atoms with Crippen molar-refractivity contribution in [3.8, 4) is 0 Å². The van der Waals surface area contributed by atoms with Crippen molar-refractivity contribution in [2.24, 2.45) is 0 Å². The summed E-state index contributed by atoms with van der Waals surface area (Å²) in [5.41, 5.74) is 4.87. The zero-order valence-corrected chi connectivity index (χ0v) is 16.3. The summed E-state index contributed by atoms with van der Waals surface area (Å²) in [6.45, 7) is 5.86. The molecule has 0 radical (unpaired) electrons. The first-order chi connectivity index (χ1) is 11.6. The summed E-state index contributed by atoms with van der Waals surface area (Å²) < 4.78 is 0. The number of benzene rings is 1. The number of nitrogens with one attached hydrogen (secondary N) is 1. The average molecular weight is 362 g/mol. The Morgan fingerprint density at radius 3 is 2.71 bits per heavy atom. The zero-order chi connectivity index (χ0) is 17.7. The quantitative estimate of drug-likeness (QED) is 0.491. The molecule has 1 aliphatic rings. The zero-order valence-electron chi connectivity index (χ0n) is 14.7. The normalized spacial score (nSPS) is 15.2. The maximum atomic E-state index is 12.4. The van der Waals surface area contributed by atoms with Crippen LogP contribution in [0.1, 0.15) is 39.2 Å². The first-order valence-electron chi connectivity index (χ1n) is 8.29. The van der Waals surface area contributed by atoms with Gasteiger partial charge in [-0.25, -0.2) is 0 Å². The fourth-order valence-corrected chi connectivity index (χ4v) is 3.80. The van der Waals surface area contributed by atoms with Crippen LogP contribution >= 0.6 is 23.4 Å². The summed E-state index contributed by atoms with van der Waals surface area (Å²) in [6, 6.07) is 6.28. The number of fused-ring (bicyclic) bond motifs is 1. The van der Waals surface area contributed by atoms with E-state index in [0.29, 0.717) is 6.42 Å². The molecule has 2 nitrogen and oxygen atoms in total. The molecular formula is C20H24ClNOS. The van der Waals surface area contributed by atoms with Crippen LogP contribution in [0.2, 0.25) is 0 Å². The second-order valence-corrected chi connectivity index (χ2v) is 6.84. The Labute approximate surface area is 154 Å². The summed E-state index contributed by atoms with van der Waals surface area (Å²) in [5.74, 6) is 0.128. The number of hydrogen-bond acceptors (Lipinski definition) is 3. The number of para-hydroxylation sites is 1. The van der Waals surface area contributed by atoms with Gasteiger partial charge in [0.05, 0.1) is 11.4 Å². The van der Waals surface area contributed by atoms with E-state index in [-0.39, 0.29) is 5.78 Å². The third kappa shape index (κ3) is 3.79. The van der Waals surface area contributed by atoms with E-state index in [0.717, 1.165) is 40.4 Å². The van der Waals surface area contributed by atoms with Gasteiger partial charge in [0.15, 0.2) is 5.78 Å². The van der Waals surface area contributed by atoms with E-state index < -0.39 is 0 Å². The fourth-order valence-electron chi connectivity index (χ4n) is 2.89. The monoisotopic (exact) mass is 361 g/mol. The second kappa shape index (κ2) is 8.59. The molecule has 2 rings (SSSR count). The summed E-state index contributed by atoms with van der Waals surface area (Å²) in [6.07, 6.45) is 8.02. The van der Waals surface area contributed by atoms with Crippen molar-refractivity contribution in [3.63, 3.8) is 0 Å². The van der Waals surface area contributed by atoms with E-state index in [1.54, 1.807) is 11.8 Å². The minimum Gasteiger partial charge on any atom is -0.354 e. The lowest BCUT2D eigenvalue weighted by Gasteiger charge is -2.27. The molecule has 0 aromatic heterocycles. The van der Waals surface area contributed by atoms with E-state index in [1.165, 1.54) is 10.5 Å². The molecule has 128 valence electrons. The van der Waals surface area contributed by atoms with E-state index in [1.807, 2.05) is 26.0 Å². The van der Waals surface area contributed by atoms with Gasteiger partial charge in [-0.05, 0) is 36.8 Å². The highest BCUT2D eigenvalue weighted by atomic mass is 35.5. The highest BCUT2D eigenvalue weighted by Crippen LogP contribution is 2.40. The molecule has 1 N–H and O–H groups in total. The van der Waals surface area contributed by atoms with Gasteiger partial charge < -0.3 is 5.32 Å². The second-order valence-electron chi connectivity index (χ2n) is 5.59. The van der Waals surface area contributed by atoms with Gasteiger partial charge in [-0.2, -0.15) is 0 Å². The molecule has 0 bridgehead atoms. The van der Waals surface area contributed by atoms with E-state index in [4.69, 9.17) is 11.6 Å². The van der Waals surface area contributed by atoms with Crippen LogP contribution in [0, 0.1) is 0 Å². The molecule has 1 heterocycles. The van der Waals surface area contributed by atoms with Gasteiger partial charge >= 0.3 is 0 Å². The predicted molar refractivity (Wildman–Crippen MR) is 106 cm³/mol. The molecule has 0 spiro atoms. The van der Waals surface area contributed by atoms with Crippen LogP contribution in [0.3, 0.4) is 0 Å². The van der Waals surface area contributed by atoms with Gasteiger partial charge in [0.25, 0.3) is 0 Å². The third-order valence-corrected chi connectivity index (χ3v) is 5.27. The number of thioether (sulfide) groups is 1. The molecule has 1 aromatic rings. The molecule has 4 heteroatoms. The van der Waals surface area contributed by atoms with Crippen LogP contribution in [0.5, 0.6) is 0 Å². The van der Waals surface area contributed by atoms with Crippen LogP contribution in [0.4, 0.5) is 5.69 Å². The Bertz CT molecular complexity index is 731. The molecule has 0 atom stereocenters. The fraction of sp³-hybridized carbons (Fsp3) is 0.350. The van der Waals surface area contributed by atoms with Crippen molar-refractivity contribution in [3.05, 3.63) is 57.8 Å². The van der Waals surface area contributed by atoms with Crippen LogP contribution < -0.4 is 5.32 Å². The standard InChI is InChI=1S/C20H24ClNOS/c1-5-9-16(21)15-12-13-10-8-11-18(24-4)19(13)22-20(15)14(6-2)17(23)7-3/h6,8-11,22H,5,7,12H2,1-4H3/b14-6-,16-9-. The van der Waals surface area contributed by atoms with Gasteiger partial charge in [0, 0.05) is 28.3 Å². The van der Waals surface area contributed by atoms with Crippen LogP contribution in [0.25, 0.3) is 0 Å². The van der Waals surface area contributed by atoms with Gasteiger partial charge in [0.1, 0.15) is 0 Å². The number of carbonyl (C=O) groups excluding carboxylic acids is 1. The van der Waals surface area contributed by atoms with Crippen molar-refractivity contribution < 1.29 is 4.79 Å². The van der Waals surface area contributed by atoms with Gasteiger partial charge in [-0.3, -0.25) is 4.79 Å². The minimum atomic E-state index is 0.128. The van der Waals surface area contributed by atoms with Gasteiger partial charge in [-0.15, -0.1) is 11.8 Å². The molecular weight excluding hydrogens is 338 g/mol. The number of carbonyl (C=O) groups is 1. The van der Waals surface area contributed by atoms with Crippen molar-refractivity contribution >= 4 is 34.8 Å². The highest BCUT2D eigenvalue weighted by molar-refractivity contribution is 7.98. The minimum absolute atomic E-state index is 0.128. The molecule has 1 aromatic carbocycles. The molecule has 0 unspecified atom stereocenters. The Hall–Kier alpha value is -1.45. The number of rotatable bonds is 6. The smallest absolute Gasteiger partial charge is 0.164 e. The lowest BCUT2D eigenvalue weighted by Crippen LogP contribution is -2.19. The predicted octanol–water partition coefficient (Wildman–Crippen LogP) is 6.09. The molecule has 0 amide bonds. The number of Topliss-reactive ketones (excluding diaryl/α,β-unsaturated/α-hetero) is 1. The van der Waals surface area contributed by atoms with Gasteiger partial charge in [-0.1, -0.05) is 49.7 Å². The molecule has 0 saturated carbocycles. The Morgan fingerprint density at radius 1 is 1.38 bits per heavy atom. The maximum absolute atomic E-state index is 12.4. The highest BCUT2D eigenvalue weighted by Gasteiger charge is 2.25. The molecule has 0 aliphatic carbocycles. The number of anilines is 1. The molecule has 24 heavy (non-hydrogen) atoms. The van der Waals surface area contributed by atoms with Crippen LogP contribution in [-0.2, 0) is 11.2 Å². The molecule has 0 saturated heterocycles. The Kier molecular flexibility index (Phi) is 6.76. The summed E-state index contributed by atoms with van der Waals surface area (Å²) in [5, 5.41) is 4.24. The van der Waals surface area contributed by atoms with E-state index >= 15 is 0 Å².